The standard InChI is InChI=1S/C11H13BrN2S/c1-3-8(12)5-10-9-4-7(2)15-11(9)14-6-13-10/h4,6,8H,3,5H2,1-2H3. The maximum Gasteiger partial charge on any atom is 0.127 e. The van der Waals surface area contributed by atoms with E-state index in [1.54, 1.807) is 17.7 Å². The third kappa shape index (κ3) is 2.37. The Hall–Kier alpha value is -0.480. The molecule has 0 aliphatic rings. The molecule has 1 atom stereocenters. The summed E-state index contributed by atoms with van der Waals surface area (Å²) < 4.78 is 0. The Balaban J connectivity index is 2.41. The van der Waals surface area contributed by atoms with E-state index in [0.29, 0.717) is 4.83 Å². The lowest BCUT2D eigenvalue weighted by Crippen LogP contribution is -2.03. The highest BCUT2D eigenvalue weighted by Gasteiger charge is 2.10. The molecule has 1 unspecified atom stereocenters. The van der Waals surface area contributed by atoms with Gasteiger partial charge in [0, 0.05) is 21.5 Å². The van der Waals surface area contributed by atoms with Crippen molar-refractivity contribution in [3.05, 3.63) is 23.0 Å². The molecular weight excluding hydrogens is 272 g/mol. The van der Waals surface area contributed by atoms with Gasteiger partial charge in [-0.1, -0.05) is 22.9 Å². The molecule has 0 amide bonds. The van der Waals surface area contributed by atoms with Crippen molar-refractivity contribution in [3.8, 4) is 0 Å². The van der Waals surface area contributed by atoms with Gasteiger partial charge < -0.3 is 0 Å². The summed E-state index contributed by atoms with van der Waals surface area (Å²) in [6.45, 7) is 4.29. The van der Waals surface area contributed by atoms with Gasteiger partial charge in [-0.15, -0.1) is 11.3 Å². The van der Waals surface area contributed by atoms with Crippen molar-refractivity contribution >= 4 is 37.5 Å². The summed E-state index contributed by atoms with van der Waals surface area (Å²) in [5, 5.41) is 1.22. The quantitative estimate of drug-likeness (QED) is 0.803. The molecule has 4 heteroatoms. The fourth-order valence-corrected chi connectivity index (χ4v) is 2.72. The maximum absolute atomic E-state index is 4.37. The van der Waals surface area contributed by atoms with E-state index in [9.17, 15) is 0 Å². The molecule has 0 radical (unpaired) electrons. The molecule has 2 rings (SSSR count). The van der Waals surface area contributed by atoms with Gasteiger partial charge in [0.15, 0.2) is 0 Å². The number of thiophene rings is 1. The Kier molecular flexibility index (Phi) is 3.36. The fourth-order valence-electron chi connectivity index (χ4n) is 1.54. The summed E-state index contributed by atoms with van der Waals surface area (Å²) >= 11 is 5.38. The van der Waals surface area contributed by atoms with Gasteiger partial charge in [-0.2, -0.15) is 0 Å². The van der Waals surface area contributed by atoms with Gasteiger partial charge in [0.25, 0.3) is 0 Å². The molecule has 2 nitrogen and oxygen atoms in total. The van der Waals surface area contributed by atoms with E-state index < -0.39 is 0 Å². The van der Waals surface area contributed by atoms with E-state index in [0.717, 1.165) is 23.4 Å². The van der Waals surface area contributed by atoms with Crippen LogP contribution >= 0.6 is 27.3 Å². The van der Waals surface area contributed by atoms with Crippen LogP contribution in [0, 0.1) is 6.92 Å². The van der Waals surface area contributed by atoms with Crippen LogP contribution in [0.5, 0.6) is 0 Å². The van der Waals surface area contributed by atoms with E-state index in [4.69, 9.17) is 0 Å². The summed E-state index contributed by atoms with van der Waals surface area (Å²) in [6.07, 6.45) is 3.77. The Morgan fingerprint density at radius 1 is 1.47 bits per heavy atom. The van der Waals surface area contributed by atoms with E-state index in [1.165, 1.54) is 10.3 Å². The molecule has 2 aromatic heterocycles. The molecule has 2 heterocycles. The molecule has 0 N–H and O–H groups in total. The largest absolute Gasteiger partial charge is 0.241 e. The molecule has 80 valence electrons. The van der Waals surface area contributed by atoms with Gasteiger partial charge in [-0.25, -0.2) is 9.97 Å². The number of fused-ring (bicyclic) bond motifs is 1. The summed E-state index contributed by atoms with van der Waals surface area (Å²) in [6, 6.07) is 2.19. The van der Waals surface area contributed by atoms with Crippen LogP contribution in [0.4, 0.5) is 0 Å². The topological polar surface area (TPSA) is 25.8 Å². The van der Waals surface area contributed by atoms with Crippen molar-refractivity contribution in [2.75, 3.05) is 0 Å². The van der Waals surface area contributed by atoms with Crippen molar-refractivity contribution in [1.29, 1.82) is 0 Å². The zero-order valence-corrected chi connectivity index (χ0v) is 11.2. The number of alkyl halides is 1. The molecule has 0 saturated carbocycles. The minimum atomic E-state index is 0.510. The monoisotopic (exact) mass is 284 g/mol. The molecule has 2 aromatic rings. The minimum absolute atomic E-state index is 0.510. The Bertz CT molecular complexity index is 467. The zero-order chi connectivity index (χ0) is 10.8. The zero-order valence-electron chi connectivity index (χ0n) is 8.83. The van der Waals surface area contributed by atoms with Crippen molar-refractivity contribution < 1.29 is 0 Å². The van der Waals surface area contributed by atoms with E-state index in [1.807, 2.05) is 0 Å². The first kappa shape index (κ1) is 11.0. The highest BCUT2D eigenvalue weighted by Crippen LogP contribution is 2.26. The van der Waals surface area contributed by atoms with Crippen molar-refractivity contribution in [2.24, 2.45) is 0 Å². The first-order valence-electron chi connectivity index (χ1n) is 5.04. The second-order valence-electron chi connectivity index (χ2n) is 3.61. The molecule has 0 spiro atoms. The van der Waals surface area contributed by atoms with Gasteiger partial charge in [0.1, 0.15) is 11.2 Å². The average Bonchev–Trinajstić information content (AvgIpc) is 2.59. The van der Waals surface area contributed by atoms with Crippen molar-refractivity contribution in [2.45, 2.75) is 31.5 Å². The first-order chi connectivity index (χ1) is 7.20. The van der Waals surface area contributed by atoms with Gasteiger partial charge >= 0.3 is 0 Å². The Labute approximate surface area is 102 Å². The molecule has 0 bridgehead atoms. The third-order valence-corrected chi connectivity index (χ3v) is 4.32. The van der Waals surface area contributed by atoms with Crippen LogP contribution in [0.2, 0.25) is 0 Å². The van der Waals surface area contributed by atoms with E-state index in [-0.39, 0.29) is 0 Å². The molecule has 0 aliphatic carbocycles. The lowest BCUT2D eigenvalue weighted by Gasteiger charge is -2.06. The molecule has 0 aromatic carbocycles. The lowest BCUT2D eigenvalue weighted by atomic mass is 10.1. The number of nitrogens with zero attached hydrogens (tertiary/aromatic N) is 2. The second-order valence-corrected chi connectivity index (χ2v) is 6.14. The number of hydrogen-bond donors (Lipinski definition) is 0. The molecule has 15 heavy (non-hydrogen) atoms. The number of aryl methyl sites for hydroxylation is 1. The summed E-state index contributed by atoms with van der Waals surface area (Å²) in [7, 11) is 0. The highest BCUT2D eigenvalue weighted by molar-refractivity contribution is 9.09. The maximum atomic E-state index is 4.37. The lowest BCUT2D eigenvalue weighted by molar-refractivity contribution is 0.812. The van der Waals surface area contributed by atoms with Crippen LogP contribution in [-0.2, 0) is 6.42 Å². The summed E-state index contributed by atoms with van der Waals surface area (Å²) in [5.41, 5.74) is 1.16. The van der Waals surface area contributed by atoms with Crippen LogP contribution in [-0.4, -0.2) is 14.8 Å². The molecule has 0 aliphatic heterocycles. The second kappa shape index (κ2) is 4.58. The Morgan fingerprint density at radius 3 is 3.00 bits per heavy atom. The van der Waals surface area contributed by atoms with Gasteiger partial charge in [0.2, 0.25) is 0 Å². The number of hydrogen-bond acceptors (Lipinski definition) is 3. The van der Waals surface area contributed by atoms with E-state index in [2.05, 4.69) is 45.8 Å². The van der Waals surface area contributed by atoms with Crippen LogP contribution in [0.15, 0.2) is 12.4 Å². The minimum Gasteiger partial charge on any atom is -0.241 e. The highest BCUT2D eigenvalue weighted by atomic mass is 79.9. The molecule has 0 fully saturated rings. The smallest absolute Gasteiger partial charge is 0.127 e. The average molecular weight is 285 g/mol. The predicted octanol–water partition coefficient (Wildman–Crippen LogP) is 3.72. The van der Waals surface area contributed by atoms with Gasteiger partial charge in [-0.05, 0) is 19.4 Å². The third-order valence-electron chi connectivity index (χ3n) is 2.39. The normalized spacial score (nSPS) is 13.3. The molecule has 0 saturated heterocycles. The van der Waals surface area contributed by atoms with Crippen molar-refractivity contribution in [3.63, 3.8) is 0 Å². The van der Waals surface area contributed by atoms with Gasteiger partial charge in [-0.3, -0.25) is 0 Å². The van der Waals surface area contributed by atoms with Crippen molar-refractivity contribution in [1.82, 2.24) is 9.97 Å². The number of halogens is 1. The predicted molar refractivity (Wildman–Crippen MR) is 68.9 cm³/mol. The fraction of sp³-hybridized carbons (Fsp3) is 0.455. The van der Waals surface area contributed by atoms with E-state index >= 15 is 0 Å². The van der Waals surface area contributed by atoms with Crippen LogP contribution < -0.4 is 0 Å². The Morgan fingerprint density at radius 2 is 2.27 bits per heavy atom. The molecular formula is C11H13BrN2S. The van der Waals surface area contributed by atoms with Crippen LogP contribution in [0.3, 0.4) is 0 Å². The number of aromatic nitrogens is 2. The summed E-state index contributed by atoms with van der Waals surface area (Å²) in [4.78, 5) is 11.6. The van der Waals surface area contributed by atoms with Crippen LogP contribution in [0.25, 0.3) is 10.2 Å². The number of rotatable bonds is 3. The summed E-state index contributed by atoms with van der Waals surface area (Å²) in [5.74, 6) is 0. The van der Waals surface area contributed by atoms with Crippen LogP contribution in [0.1, 0.15) is 23.9 Å². The van der Waals surface area contributed by atoms with Gasteiger partial charge in [0.05, 0.1) is 5.69 Å². The SMILES string of the molecule is CCC(Br)Cc1ncnc2sc(C)cc12. The first-order valence-corrected chi connectivity index (χ1v) is 6.78.